The van der Waals surface area contributed by atoms with Gasteiger partial charge in [-0.1, -0.05) is 12.1 Å². The number of thiazole rings is 1. The first-order chi connectivity index (χ1) is 9.36. The van der Waals surface area contributed by atoms with Gasteiger partial charge in [-0.2, -0.15) is 0 Å². The molecule has 4 heteroatoms. The zero-order valence-corrected chi connectivity index (χ0v) is 13.3. The molecule has 2 rings (SSSR count). The van der Waals surface area contributed by atoms with Gasteiger partial charge in [-0.15, -0.1) is 11.3 Å². The number of aryl methyl sites for hydroxylation is 2. The van der Waals surface area contributed by atoms with E-state index in [0.29, 0.717) is 6.61 Å². The number of hydrogen-bond donors (Lipinski definition) is 1. The Morgan fingerprint density at radius 2 is 2.05 bits per heavy atom. The third-order valence-corrected chi connectivity index (χ3v) is 4.44. The molecule has 0 radical (unpaired) electrons. The van der Waals surface area contributed by atoms with Gasteiger partial charge in [0.05, 0.1) is 22.1 Å². The second-order valence-electron chi connectivity index (χ2n) is 5.54. The van der Waals surface area contributed by atoms with Gasteiger partial charge in [0.15, 0.2) is 0 Å². The molecule has 0 saturated carbocycles. The third kappa shape index (κ3) is 3.81. The van der Waals surface area contributed by atoms with Gasteiger partial charge in [0.2, 0.25) is 0 Å². The fraction of sp³-hybridized carbons (Fsp3) is 0.438. The summed E-state index contributed by atoms with van der Waals surface area (Å²) in [7, 11) is 0. The van der Waals surface area contributed by atoms with Gasteiger partial charge < -0.3 is 9.84 Å². The summed E-state index contributed by atoms with van der Waals surface area (Å²) in [4.78, 5) is 5.22. The normalized spacial score (nSPS) is 11.7. The van der Waals surface area contributed by atoms with Crippen LogP contribution in [0.15, 0.2) is 24.4 Å². The highest BCUT2D eigenvalue weighted by molar-refractivity contribution is 7.11. The maximum absolute atomic E-state index is 9.91. The van der Waals surface area contributed by atoms with E-state index in [0.717, 1.165) is 27.6 Å². The number of benzene rings is 1. The summed E-state index contributed by atoms with van der Waals surface area (Å²) >= 11 is 1.54. The summed E-state index contributed by atoms with van der Waals surface area (Å²) in [6, 6.07) is 6.21. The third-order valence-electron chi connectivity index (χ3n) is 3.07. The molecule has 1 aromatic carbocycles. The van der Waals surface area contributed by atoms with Gasteiger partial charge in [-0.05, 0) is 44.9 Å². The van der Waals surface area contributed by atoms with Crippen molar-refractivity contribution in [3.8, 4) is 5.75 Å². The van der Waals surface area contributed by atoms with Crippen molar-refractivity contribution in [3.05, 3.63) is 45.4 Å². The zero-order chi connectivity index (χ0) is 14.8. The molecule has 1 aromatic heterocycles. The Morgan fingerprint density at radius 3 is 2.70 bits per heavy atom. The van der Waals surface area contributed by atoms with E-state index in [1.165, 1.54) is 5.56 Å². The Kier molecular flexibility index (Phi) is 4.45. The van der Waals surface area contributed by atoms with Crippen molar-refractivity contribution in [3.63, 3.8) is 0 Å². The lowest BCUT2D eigenvalue weighted by molar-refractivity contribution is 0.0823. The Bertz CT molecular complexity index is 584. The average Bonchev–Trinajstić information content (AvgIpc) is 2.82. The predicted molar refractivity (Wildman–Crippen MR) is 82.5 cm³/mol. The first-order valence-corrected chi connectivity index (χ1v) is 7.55. The van der Waals surface area contributed by atoms with Crippen molar-refractivity contribution in [1.82, 2.24) is 4.98 Å². The minimum atomic E-state index is -0.816. The van der Waals surface area contributed by atoms with Crippen molar-refractivity contribution in [1.29, 1.82) is 0 Å². The van der Waals surface area contributed by atoms with Crippen LogP contribution in [0.4, 0.5) is 0 Å². The Labute approximate surface area is 124 Å². The van der Waals surface area contributed by atoms with Gasteiger partial charge in [-0.3, -0.25) is 0 Å². The lowest BCUT2D eigenvalue weighted by atomic mass is 10.1. The molecule has 0 aliphatic rings. The van der Waals surface area contributed by atoms with Crippen molar-refractivity contribution in [2.75, 3.05) is 6.61 Å². The van der Waals surface area contributed by atoms with E-state index >= 15 is 0 Å². The van der Waals surface area contributed by atoms with Gasteiger partial charge in [0.25, 0.3) is 0 Å². The minimum absolute atomic E-state index is 0.600. The first-order valence-electron chi connectivity index (χ1n) is 6.74. The van der Waals surface area contributed by atoms with E-state index in [4.69, 9.17) is 4.74 Å². The summed E-state index contributed by atoms with van der Waals surface area (Å²) in [5.74, 6) is 0.935. The van der Waals surface area contributed by atoms with Gasteiger partial charge >= 0.3 is 0 Å². The molecule has 3 nitrogen and oxygen atoms in total. The molecule has 0 atom stereocenters. The van der Waals surface area contributed by atoms with Crippen LogP contribution in [0.1, 0.15) is 34.9 Å². The SMILES string of the molecule is Cc1ccc(C)c(OCCc2ncc(C(C)(C)O)s2)c1. The topological polar surface area (TPSA) is 42.4 Å². The zero-order valence-electron chi connectivity index (χ0n) is 12.4. The Morgan fingerprint density at radius 1 is 1.30 bits per heavy atom. The smallest absolute Gasteiger partial charge is 0.122 e. The second kappa shape index (κ2) is 5.94. The fourth-order valence-corrected chi connectivity index (χ4v) is 2.72. The van der Waals surface area contributed by atoms with Crippen LogP contribution in [-0.2, 0) is 12.0 Å². The first kappa shape index (κ1) is 15.0. The van der Waals surface area contributed by atoms with Crippen LogP contribution in [-0.4, -0.2) is 16.7 Å². The highest BCUT2D eigenvalue weighted by Crippen LogP contribution is 2.26. The van der Waals surface area contributed by atoms with Crippen molar-refractivity contribution in [2.24, 2.45) is 0 Å². The molecule has 1 N–H and O–H groups in total. The maximum atomic E-state index is 9.91. The van der Waals surface area contributed by atoms with Gasteiger partial charge in [0.1, 0.15) is 5.75 Å². The van der Waals surface area contributed by atoms with Crippen LogP contribution in [0.2, 0.25) is 0 Å². The molecule has 108 valence electrons. The van der Waals surface area contributed by atoms with Crippen LogP contribution >= 0.6 is 11.3 Å². The molecule has 0 spiro atoms. The fourth-order valence-electron chi connectivity index (χ4n) is 1.82. The van der Waals surface area contributed by atoms with Crippen molar-refractivity contribution in [2.45, 2.75) is 39.7 Å². The monoisotopic (exact) mass is 291 g/mol. The van der Waals surface area contributed by atoms with E-state index in [2.05, 4.69) is 30.1 Å². The van der Waals surface area contributed by atoms with E-state index in [9.17, 15) is 5.11 Å². The van der Waals surface area contributed by atoms with Gasteiger partial charge in [-0.25, -0.2) is 4.98 Å². The van der Waals surface area contributed by atoms with Crippen molar-refractivity contribution < 1.29 is 9.84 Å². The highest BCUT2D eigenvalue weighted by Gasteiger charge is 2.19. The average molecular weight is 291 g/mol. The Hall–Kier alpha value is -1.39. The number of rotatable bonds is 5. The molecule has 0 unspecified atom stereocenters. The second-order valence-corrected chi connectivity index (χ2v) is 6.66. The van der Waals surface area contributed by atoms with Gasteiger partial charge in [0, 0.05) is 12.6 Å². The molecular weight excluding hydrogens is 270 g/mol. The minimum Gasteiger partial charge on any atom is -0.493 e. The summed E-state index contributed by atoms with van der Waals surface area (Å²) in [5, 5.41) is 10.9. The molecule has 0 aliphatic heterocycles. The number of ether oxygens (including phenoxy) is 1. The van der Waals surface area contributed by atoms with E-state index in [1.54, 1.807) is 31.4 Å². The highest BCUT2D eigenvalue weighted by atomic mass is 32.1. The molecular formula is C16H21NO2S. The largest absolute Gasteiger partial charge is 0.493 e. The molecule has 0 amide bonds. The quantitative estimate of drug-likeness (QED) is 0.915. The van der Waals surface area contributed by atoms with Crippen LogP contribution < -0.4 is 4.74 Å². The molecule has 2 aromatic rings. The number of aromatic nitrogens is 1. The standard InChI is InChI=1S/C16H21NO2S/c1-11-5-6-12(2)13(9-11)19-8-7-15-17-10-14(20-15)16(3,4)18/h5-6,9-10,18H,7-8H2,1-4H3. The number of aliphatic hydroxyl groups is 1. The predicted octanol–water partition coefficient (Wildman–Crippen LogP) is 3.61. The summed E-state index contributed by atoms with van der Waals surface area (Å²) in [6.07, 6.45) is 2.51. The summed E-state index contributed by atoms with van der Waals surface area (Å²) in [5.41, 5.74) is 1.53. The van der Waals surface area contributed by atoms with Crippen LogP contribution in [0.3, 0.4) is 0 Å². The molecule has 20 heavy (non-hydrogen) atoms. The number of hydrogen-bond acceptors (Lipinski definition) is 4. The lowest BCUT2D eigenvalue weighted by Gasteiger charge is -2.13. The van der Waals surface area contributed by atoms with E-state index in [1.807, 2.05) is 6.92 Å². The lowest BCUT2D eigenvalue weighted by Crippen LogP contribution is -2.12. The summed E-state index contributed by atoms with van der Waals surface area (Å²) in [6.45, 7) is 8.25. The molecule has 1 heterocycles. The summed E-state index contributed by atoms with van der Waals surface area (Å²) < 4.78 is 5.82. The van der Waals surface area contributed by atoms with E-state index < -0.39 is 5.60 Å². The molecule has 0 fully saturated rings. The van der Waals surface area contributed by atoms with Crippen LogP contribution in [0.25, 0.3) is 0 Å². The van der Waals surface area contributed by atoms with E-state index in [-0.39, 0.29) is 0 Å². The number of nitrogens with zero attached hydrogens (tertiary/aromatic N) is 1. The van der Waals surface area contributed by atoms with Crippen LogP contribution in [0.5, 0.6) is 5.75 Å². The Balaban J connectivity index is 1.93. The van der Waals surface area contributed by atoms with Crippen molar-refractivity contribution >= 4 is 11.3 Å². The van der Waals surface area contributed by atoms with Crippen LogP contribution in [0, 0.1) is 13.8 Å². The molecule has 0 saturated heterocycles. The maximum Gasteiger partial charge on any atom is 0.122 e. The molecule has 0 bridgehead atoms. The molecule has 0 aliphatic carbocycles.